The third-order valence-electron chi connectivity index (χ3n) is 4.69. The van der Waals surface area contributed by atoms with Crippen LogP contribution in [0.2, 0.25) is 0 Å². The monoisotopic (exact) mass is 394 g/mol. The Morgan fingerprint density at radius 2 is 0.933 bits per heavy atom. The molecule has 30 heavy (non-hydrogen) atoms. The van der Waals surface area contributed by atoms with Crippen LogP contribution in [0.3, 0.4) is 0 Å². The summed E-state index contributed by atoms with van der Waals surface area (Å²) in [4.78, 5) is 9.23. The van der Waals surface area contributed by atoms with Crippen LogP contribution in [-0.2, 0) is 9.47 Å². The van der Waals surface area contributed by atoms with Gasteiger partial charge in [-0.25, -0.2) is 9.98 Å². The highest BCUT2D eigenvalue weighted by molar-refractivity contribution is 6.02. The summed E-state index contributed by atoms with van der Waals surface area (Å²) in [6.07, 6.45) is 0. The molecule has 0 aromatic heterocycles. The Balaban J connectivity index is 1.68. The molecule has 0 spiro atoms. The van der Waals surface area contributed by atoms with Crippen molar-refractivity contribution in [2.45, 2.75) is 0 Å². The first kappa shape index (κ1) is 19.4. The molecule has 4 rings (SSSR count). The Bertz CT molecular complexity index is 1100. The molecule has 4 aromatic rings. The third-order valence-corrected chi connectivity index (χ3v) is 4.69. The smallest absolute Gasteiger partial charge is 0.221 e. The van der Waals surface area contributed by atoms with Gasteiger partial charge in [0.25, 0.3) is 0 Å². The number of fused-ring (bicyclic) bond motifs is 1. The van der Waals surface area contributed by atoms with E-state index in [2.05, 4.69) is 34.3 Å². The van der Waals surface area contributed by atoms with Gasteiger partial charge in [-0.3, -0.25) is 0 Å². The Kier molecular flexibility index (Phi) is 5.85. The topological polar surface area (TPSA) is 43.2 Å². The lowest BCUT2D eigenvalue weighted by Gasteiger charge is -2.09. The molecule has 0 bridgehead atoms. The number of hydrogen-bond donors (Lipinski definition) is 0. The molecular formula is C26H22N2O2. The van der Waals surface area contributed by atoms with Crippen molar-refractivity contribution in [1.82, 2.24) is 0 Å². The van der Waals surface area contributed by atoms with E-state index in [0.717, 1.165) is 33.3 Å². The molecule has 0 radical (unpaired) electrons. The van der Waals surface area contributed by atoms with Crippen molar-refractivity contribution in [3.8, 4) is 0 Å². The highest BCUT2D eigenvalue weighted by Crippen LogP contribution is 2.22. The van der Waals surface area contributed by atoms with Gasteiger partial charge in [-0.2, -0.15) is 0 Å². The molecule has 148 valence electrons. The minimum absolute atomic E-state index is 0.579. The van der Waals surface area contributed by atoms with E-state index < -0.39 is 0 Å². The van der Waals surface area contributed by atoms with Crippen molar-refractivity contribution in [3.63, 3.8) is 0 Å². The second-order valence-corrected chi connectivity index (χ2v) is 6.69. The fourth-order valence-corrected chi connectivity index (χ4v) is 3.21. The second-order valence-electron chi connectivity index (χ2n) is 6.69. The predicted octanol–water partition coefficient (Wildman–Crippen LogP) is 6.29. The highest BCUT2D eigenvalue weighted by atomic mass is 16.5. The fourth-order valence-electron chi connectivity index (χ4n) is 3.21. The Morgan fingerprint density at radius 3 is 1.30 bits per heavy atom. The summed E-state index contributed by atoms with van der Waals surface area (Å²) >= 11 is 0. The Morgan fingerprint density at radius 1 is 0.533 bits per heavy atom. The van der Waals surface area contributed by atoms with Crippen molar-refractivity contribution in [2.75, 3.05) is 14.2 Å². The van der Waals surface area contributed by atoms with E-state index in [0.29, 0.717) is 11.8 Å². The zero-order valence-electron chi connectivity index (χ0n) is 16.9. The third kappa shape index (κ3) is 4.39. The van der Waals surface area contributed by atoms with E-state index in [-0.39, 0.29) is 0 Å². The summed E-state index contributed by atoms with van der Waals surface area (Å²) in [5, 5.41) is 2.17. The Labute approximate surface area is 176 Å². The van der Waals surface area contributed by atoms with Crippen LogP contribution in [0.1, 0.15) is 11.1 Å². The van der Waals surface area contributed by atoms with Gasteiger partial charge in [-0.1, -0.05) is 48.5 Å². The number of nitrogens with zero attached hydrogens (tertiary/aromatic N) is 2. The van der Waals surface area contributed by atoms with Crippen molar-refractivity contribution in [3.05, 3.63) is 108 Å². The summed E-state index contributed by atoms with van der Waals surface area (Å²) in [7, 11) is 3.28. The lowest BCUT2D eigenvalue weighted by Crippen LogP contribution is -2.04. The number of aliphatic imine (C=N–C) groups is 2. The SMILES string of the molecule is CO/C(=N\c1ccccc1)c1ccc2cc(/C(=N/c3ccccc3)OC)ccc2c1. The van der Waals surface area contributed by atoms with Crippen molar-refractivity contribution in [1.29, 1.82) is 0 Å². The lowest BCUT2D eigenvalue weighted by molar-refractivity contribution is 0.405. The zero-order chi connectivity index (χ0) is 20.8. The average Bonchev–Trinajstić information content (AvgIpc) is 2.81. The fraction of sp³-hybridized carbons (Fsp3) is 0.0769. The van der Waals surface area contributed by atoms with E-state index >= 15 is 0 Å². The van der Waals surface area contributed by atoms with Crippen molar-refractivity contribution < 1.29 is 9.47 Å². The maximum absolute atomic E-state index is 5.55. The van der Waals surface area contributed by atoms with Crippen LogP contribution < -0.4 is 0 Å². The number of rotatable bonds is 4. The highest BCUT2D eigenvalue weighted by Gasteiger charge is 2.09. The van der Waals surface area contributed by atoms with E-state index in [9.17, 15) is 0 Å². The van der Waals surface area contributed by atoms with Crippen LogP contribution in [0, 0.1) is 0 Å². The molecular weight excluding hydrogens is 372 g/mol. The number of benzene rings is 4. The molecule has 4 heteroatoms. The molecule has 0 atom stereocenters. The molecule has 0 heterocycles. The number of hydrogen-bond acceptors (Lipinski definition) is 4. The number of methoxy groups -OCH3 is 2. The van der Waals surface area contributed by atoms with Crippen LogP contribution in [0.25, 0.3) is 10.8 Å². The van der Waals surface area contributed by atoms with Crippen LogP contribution >= 0.6 is 0 Å². The zero-order valence-corrected chi connectivity index (χ0v) is 16.9. The van der Waals surface area contributed by atoms with E-state index in [4.69, 9.17) is 9.47 Å². The summed E-state index contributed by atoms with van der Waals surface area (Å²) < 4.78 is 11.1. The first-order chi connectivity index (χ1) is 14.8. The van der Waals surface area contributed by atoms with Crippen LogP contribution in [0.5, 0.6) is 0 Å². The molecule has 4 aromatic carbocycles. The van der Waals surface area contributed by atoms with Gasteiger partial charge in [0.1, 0.15) is 0 Å². The predicted molar refractivity (Wildman–Crippen MR) is 123 cm³/mol. The van der Waals surface area contributed by atoms with Gasteiger partial charge in [0.05, 0.1) is 25.6 Å². The molecule has 4 nitrogen and oxygen atoms in total. The van der Waals surface area contributed by atoms with Crippen molar-refractivity contribution in [2.24, 2.45) is 9.98 Å². The molecule has 0 fully saturated rings. The molecule has 0 aliphatic heterocycles. The van der Waals surface area contributed by atoms with Crippen LogP contribution in [-0.4, -0.2) is 26.0 Å². The van der Waals surface area contributed by atoms with Crippen molar-refractivity contribution >= 4 is 33.9 Å². The molecule has 0 unspecified atom stereocenters. The number of ether oxygens (including phenoxy) is 2. The van der Waals surface area contributed by atoms with Gasteiger partial charge in [0.15, 0.2) is 0 Å². The molecule has 0 N–H and O–H groups in total. The number of para-hydroxylation sites is 2. The lowest BCUT2D eigenvalue weighted by atomic mass is 10.0. The normalized spacial score (nSPS) is 12.1. The summed E-state index contributed by atoms with van der Waals surface area (Å²) in [6, 6.07) is 31.8. The molecule has 0 amide bonds. The van der Waals surface area contributed by atoms with Gasteiger partial charge in [-0.15, -0.1) is 0 Å². The van der Waals surface area contributed by atoms with E-state index in [1.54, 1.807) is 14.2 Å². The first-order valence-corrected chi connectivity index (χ1v) is 9.67. The van der Waals surface area contributed by atoms with Gasteiger partial charge in [-0.05, 0) is 59.3 Å². The quantitative estimate of drug-likeness (QED) is 0.302. The minimum atomic E-state index is 0.579. The molecule has 0 saturated carbocycles. The van der Waals surface area contributed by atoms with Gasteiger partial charge < -0.3 is 9.47 Å². The average molecular weight is 394 g/mol. The Hall–Kier alpha value is -3.92. The van der Waals surface area contributed by atoms with Gasteiger partial charge in [0, 0.05) is 11.1 Å². The molecule has 0 aliphatic rings. The summed E-state index contributed by atoms with van der Waals surface area (Å²) in [5.41, 5.74) is 3.55. The summed E-state index contributed by atoms with van der Waals surface area (Å²) in [6.45, 7) is 0. The van der Waals surface area contributed by atoms with Crippen LogP contribution in [0.15, 0.2) is 107 Å². The first-order valence-electron chi connectivity index (χ1n) is 9.67. The largest absolute Gasteiger partial charge is 0.481 e. The molecule has 0 saturated heterocycles. The van der Waals surface area contributed by atoms with Crippen LogP contribution in [0.4, 0.5) is 11.4 Å². The standard InChI is InChI=1S/C26H22N2O2/c1-29-25(27-23-9-5-3-6-10-23)21-15-13-20-18-22(16-14-19(20)17-21)26(30-2)28-24-11-7-4-8-12-24/h3-18H,1-2H3/b27-25-,28-26-. The second kappa shape index (κ2) is 9.05. The summed E-state index contributed by atoms with van der Waals surface area (Å²) in [5.74, 6) is 1.16. The minimum Gasteiger partial charge on any atom is -0.481 e. The molecule has 0 aliphatic carbocycles. The van der Waals surface area contributed by atoms with E-state index in [1.165, 1.54) is 0 Å². The maximum Gasteiger partial charge on any atom is 0.221 e. The van der Waals surface area contributed by atoms with Gasteiger partial charge >= 0.3 is 0 Å². The maximum atomic E-state index is 5.55. The van der Waals surface area contributed by atoms with Gasteiger partial charge in [0.2, 0.25) is 11.8 Å². The van der Waals surface area contributed by atoms with E-state index in [1.807, 2.05) is 72.8 Å².